The maximum absolute atomic E-state index is 10.8. The van der Waals surface area contributed by atoms with E-state index in [9.17, 15) is 10.1 Å². The summed E-state index contributed by atoms with van der Waals surface area (Å²) in [5, 5.41) is 14.3. The second-order valence-electron chi connectivity index (χ2n) is 3.66. The molecule has 2 rings (SSSR count). The summed E-state index contributed by atoms with van der Waals surface area (Å²) in [5.74, 6) is 0. The third-order valence-corrected chi connectivity index (χ3v) is 2.65. The van der Waals surface area contributed by atoms with Crippen LogP contribution < -0.4 is 0 Å². The molecule has 0 radical (unpaired) electrons. The molecule has 0 saturated carbocycles. The first-order chi connectivity index (χ1) is 9.02. The topological polar surface area (TPSA) is 110 Å². The summed E-state index contributed by atoms with van der Waals surface area (Å²) in [5.41, 5.74) is 9.45. The minimum atomic E-state index is -0.606. The first-order valence-corrected chi connectivity index (χ1v) is 5.44. The van der Waals surface area contributed by atoms with Crippen molar-refractivity contribution >= 4 is 23.0 Å². The smallest absolute Gasteiger partial charge is 0.271 e. The van der Waals surface area contributed by atoms with Crippen LogP contribution in [0.4, 0.5) is 11.4 Å². The number of hydrogen-bond donors (Lipinski definition) is 0. The van der Waals surface area contributed by atoms with Crippen LogP contribution in [0.1, 0.15) is 5.69 Å². The van der Waals surface area contributed by atoms with Crippen LogP contribution in [0.5, 0.6) is 0 Å². The lowest BCUT2D eigenvalue weighted by Crippen LogP contribution is -1.95. The Labute approximate surface area is 112 Å². The summed E-state index contributed by atoms with van der Waals surface area (Å²) in [6.45, 7) is 1.78. The maximum Gasteiger partial charge on any atom is 0.271 e. The fraction of sp³-hybridized carbons (Fsp3) is 0.100. The lowest BCUT2D eigenvalue weighted by molar-refractivity contribution is -0.384. The van der Waals surface area contributed by atoms with Crippen molar-refractivity contribution in [1.82, 2.24) is 9.55 Å². The summed E-state index contributed by atoms with van der Waals surface area (Å²) in [4.78, 5) is 16.8. The van der Waals surface area contributed by atoms with E-state index in [1.165, 1.54) is 12.4 Å². The zero-order chi connectivity index (χ0) is 14.0. The van der Waals surface area contributed by atoms with Crippen molar-refractivity contribution in [2.75, 3.05) is 0 Å². The van der Waals surface area contributed by atoms with Gasteiger partial charge in [-0.1, -0.05) is 16.7 Å². The molecule has 0 unspecified atom stereocenters. The van der Waals surface area contributed by atoms with Crippen molar-refractivity contribution in [3.05, 3.63) is 55.9 Å². The van der Waals surface area contributed by atoms with E-state index in [1.807, 2.05) is 0 Å². The van der Waals surface area contributed by atoms with Crippen molar-refractivity contribution in [2.45, 2.75) is 6.92 Å². The van der Waals surface area contributed by atoms with Gasteiger partial charge in [-0.2, -0.15) is 0 Å². The predicted octanol–water partition coefficient (Wildman–Crippen LogP) is 3.68. The van der Waals surface area contributed by atoms with Gasteiger partial charge in [-0.25, -0.2) is 4.98 Å². The molecule has 1 aromatic heterocycles. The van der Waals surface area contributed by atoms with Crippen molar-refractivity contribution in [3.63, 3.8) is 0 Å². The number of halogens is 1. The molecule has 8 nitrogen and oxygen atoms in total. The number of aromatic nitrogens is 2. The number of non-ortho nitro benzene ring substituents is 1. The molecular formula is C10H7ClN6O2. The molecule has 0 aliphatic carbocycles. The van der Waals surface area contributed by atoms with Crippen molar-refractivity contribution in [2.24, 2.45) is 5.11 Å². The van der Waals surface area contributed by atoms with E-state index in [4.69, 9.17) is 17.1 Å². The third-order valence-electron chi connectivity index (χ3n) is 2.36. The van der Waals surface area contributed by atoms with Gasteiger partial charge < -0.3 is 4.57 Å². The molecular weight excluding hydrogens is 272 g/mol. The molecule has 1 heterocycles. The van der Waals surface area contributed by atoms with Gasteiger partial charge >= 0.3 is 0 Å². The standard InChI is InChI=1S/C10H7ClN6O2/c1-6-4-16(5-13-6)10-8(11)2-7(17(18)19)3-9(10)14-15-12/h2-5H,1H3. The van der Waals surface area contributed by atoms with Gasteiger partial charge in [-0.05, 0) is 12.5 Å². The summed E-state index contributed by atoms with van der Waals surface area (Å²) in [6.07, 6.45) is 3.15. The summed E-state index contributed by atoms with van der Waals surface area (Å²) in [7, 11) is 0. The van der Waals surface area contributed by atoms with Gasteiger partial charge in [0.05, 0.1) is 33.3 Å². The highest BCUT2D eigenvalue weighted by molar-refractivity contribution is 6.33. The molecule has 1 aromatic carbocycles. The lowest BCUT2D eigenvalue weighted by Gasteiger charge is -2.08. The summed E-state index contributed by atoms with van der Waals surface area (Å²) >= 11 is 6.02. The van der Waals surface area contributed by atoms with E-state index >= 15 is 0 Å². The molecule has 0 atom stereocenters. The van der Waals surface area contributed by atoms with Gasteiger partial charge in [0.25, 0.3) is 5.69 Å². The number of benzene rings is 1. The average molecular weight is 279 g/mol. The van der Waals surface area contributed by atoms with Crippen molar-refractivity contribution in [1.29, 1.82) is 0 Å². The zero-order valence-electron chi connectivity index (χ0n) is 9.69. The fourth-order valence-electron chi connectivity index (χ4n) is 1.60. The molecule has 0 spiro atoms. The van der Waals surface area contributed by atoms with E-state index in [-0.39, 0.29) is 16.4 Å². The van der Waals surface area contributed by atoms with E-state index in [0.717, 1.165) is 11.8 Å². The van der Waals surface area contributed by atoms with Gasteiger partial charge in [0.2, 0.25) is 0 Å². The lowest BCUT2D eigenvalue weighted by atomic mass is 10.2. The molecule has 0 fully saturated rings. The molecule has 96 valence electrons. The van der Waals surface area contributed by atoms with Gasteiger partial charge in [0.1, 0.15) is 0 Å². The van der Waals surface area contributed by atoms with Crippen LogP contribution in [-0.2, 0) is 0 Å². The number of nitro benzene ring substituents is 1. The highest BCUT2D eigenvalue weighted by Gasteiger charge is 2.16. The van der Waals surface area contributed by atoms with Gasteiger partial charge in [-0.3, -0.25) is 10.1 Å². The van der Waals surface area contributed by atoms with E-state index in [1.54, 1.807) is 17.7 Å². The Morgan fingerprint density at radius 1 is 1.58 bits per heavy atom. The number of imidazole rings is 1. The molecule has 0 bridgehead atoms. The quantitative estimate of drug-likeness (QED) is 0.281. The monoisotopic (exact) mass is 278 g/mol. The maximum atomic E-state index is 10.8. The van der Waals surface area contributed by atoms with E-state index < -0.39 is 4.92 Å². The van der Waals surface area contributed by atoms with Crippen LogP contribution in [-0.4, -0.2) is 14.5 Å². The van der Waals surface area contributed by atoms with Crippen LogP contribution >= 0.6 is 11.6 Å². The van der Waals surface area contributed by atoms with Crippen LogP contribution in [0, 0.1) is 17.0 Å². The third kappa shape index (κ3) is 2.49. The molecule has 19 heavy (non-hydrogen) atoms. The Hall–Kier alpha value is -2.57. The second-order valence-corrected chi connectivity index (χ2v) is 4.07. The largest absolute Gasteiger partial charge is 0.304 e. The zero-order valence-corrected chi connectivity index (χ0v) is 10.4. The number of hydrogen-bond acceptors (Lipinski definition) is 4. The molecule has 0 aliphatic rings. The Balaban J connectivity index is 2.72. The number of rotatable bonds is 3. The highest BCUT2D eigenvalue weighted by atomic mass is 35.5. The number of aryl methyl sites for hydroxylation is 1. The molecule has 2 aromatic rings. The summed E-state index contributed by atoms with van der Waals surface area (Å²) < 4.78 is 1.55. The first kappa shape index (κ1) is 12.9. The van der Waals surface area contributed by atoms with Crippen LogP contribution in [0.15, 0.2) is 29.8 Å². The average Bonchev–Trinajstić information content (AvgIpc) is 2.75. The van der Waals surface area contributed by atoms with E-state index in [0.29, 0.717) is 5.69 Å². The van der Waals surface area contributed by atoms with Gasteiger partial charge in [-0.15, -0.1) is 0 Å². The summed E-state index contributed by atoms with van der Waals surface area (Å²) in [6, 6.07) is 2.36. The second kappa shape index (κ2) is 4.97. The molecule has 0 aliphatic heterocycles. The van der Waals surface area contributed by atoms with Crippen molar-refractivity contribution in [3.8, 4) is 5.69 Å². The minimum absolute atomic E-state index is 0.0686. The number of nitrogens with zero attached hydrogens (tertiary/aromatic N) is 6. The Morgan fingerprint density at radius 3 is 2.84 bits per heavy atom. The van der Waals surface area contributed by atoms with Crippen LogP contribution in [0.3, 0.4) is 0 Å². The molecule has 9 heteroatoms. The Kier molecular flexibility index (Phi) is 3.37. The molecule has 0 amide bonds. The SMILES string of the molecule is Cc1cn(-c2c(Cl)cc([N+](=O)[O-])cc2N=[N+]=[N-])cn1. The highest BCUT2D eigenvalue weighted by Crippen LogP contribution is 2.35. The van der Waals surface area contributed by atoms with Crippen LogP contribution in [0.25, 0.3) is 16.1 Å². The number of nitro groups is 1. The fourth-order valence-corrected chi connectivity index (χ4v) is 1.91. The normalized spacial score (nSPS) is 10.0. The molecule has 0 saturated heterocycles. The van der Waals surface area contributed by atoms with Gasteiger partial charge in [0, 0.05) is 23.2 Å². The first-order valence-electron chi connectivity index (χ1n) is 5.07. The Bertz CT molecular complexity index is 704. The Morgan fingerprint density at radius 2 is 2.32 bits per heavy atom. The van der Waals surface area contributed by atoms with Crippen molar-refractivity contribution < 1.29 is 4.92 Å². The van der Waals surface area contributed by atoms with Gasteiger partial charge in [0.15, 0.2) is 0 Å². The molecule has 0 N–H and O–H groups in total. The predicted molar refractivity (Wildman–Crippen MR) is 68.8 cm³/mol. The minimum Gasteiger partial charge on any atom is -0.304 e. The number of azide groups is 1. The van der Waals surface area contributed by atoms with Crippen LogP contribution in [0.2, 0.25) is 5.02 Å². The van der Waals surface area contributed by atoms with E-state index in [2.05, 4.69) is 15.0 Å².